The molecule has 2 N–H and O–H groups in total. The third-order valence-electron chi connectivity index (χ3n) is 2.55. The molecule has 0 aromatic heterocycles. The van der Waals surface area contributed by atoms with Crippen LogP contribution in [0.2, 0.25) is 0 Å². The zero-order valence-corrected chi connectivity index (χ0v) is 13.3. The van der Waals surface area contributed by atoms with Crippen LogP contribution in [0.4, 0.5) is 0 Å². The van der Waals surface area contributed by atoms with Gasteiger partial charge in [0.05, 0.1) is 0 Å². The van der Waals surface area contributed by atoms with Crippen molar-refractivity contribution in [1.29, 1.82) is 0 Å². The van der Waals surface area contributed by atoms with Gasteiger partial charge in [0.1, 0.15) is 0 Å². The van der Waals surface area contributed by atoms with E-state index in [1.165, 1.54) is 11.3 Å². The van der Waals surface area contributed by atoms with Crippen molar-refractivity contribution in [2.24, 2.45) is 11.1 Å². The standard InChI is InChI=1S/C14H22BrNS/c1-14(2,3)9-8-11(16)10-17-13-7-5-4-6-12(13)15/h4-7,11H,8-10,16H2,1-3H3. The molecule has 0 radical (unpaired) electrons. The highest BCUT2D eigenvalue weighted by Crippen LogP contribution is 2.28. The van der Waals surface area contributed by atoms with E-state index in [-0.39, 0.29) is 6.04 Å². The van der Waals surface area contributed by atoms with Crippen LogP contribution < -0.4 is 5.73 Å². The summed E-state index contributed by atoms with van der Waals surface area (Å²) in [5.74, 6) is 0.985. The summed E-state index contributed by atoms with van der Waals surface area (Å²) < 4.78 is 1.16. The quantitative estimate of drug-likeness (QED) is 0.797. The van der Waals surface area contributed by atoms with Crippen LogP contribution in [0.15, 0.2) is 33.6 Å². The first-order valence-corrected chi connectivity index (χ1v) is 7.79. The van der Waals surface area contributed by atoms with Gasteiger partial charge in [-0.15, -0.1) is 11.8 Å². The molecule has 0 aliphatic heterocycles. The molecule has 1 rings (SSSR count). The fraction of sp³-hybridized carbons (Fsp3) is 0.571. The lowest BCUT2D eigenvalue weighted by molar-refractivity contribution is 0.353. The highest BCUT2D eigenvalue weighted by molar-refractivity contribution is 9.10. The average Bonchev–Trinajstić information content (AvgIpc) is 2.24. The van der Waals surface area contributed by atoms with E-state index in [1.807, 2.05) is 17.8 Å². The number of halogens is 1. The topological polar surface area (TPSA) is 26.0 Å². The van der Waals surface area contributed by atoms with Gasteiger partial charge in [-0.05, 0) is 46.3 Å². The summed E-state index contributed by atoms with van der Waals surface area (Å²) in [5, 5.41) is 0. The molecular weight excluding hydrogens is 294 g/mol. The van der Waals surface area contributed by atoms with Gasteiger partial charge in [0.25, 0.3) is 0 Å². The molecule has 1 aromatic rings. The number of hydrogen-bond donors (Lipinski definition) is 1. The van der Waals surface area contributed by atoms with E-state index in [4.69, 9.17) is 5.73 Å². The number of thioether (sulfide) groups is 1. The van der Waals surface area contributed by atoms with E-state index in [0.717, 1.165) is 16.6 Å². The van der Waals surface area contributed by atoms with E-state index in [1.54, 1.807) is 0 Å². The van der Waals surface area contributed by atoms with Crippen molar-refractivity contribution in [2.75, 3.05) is 5.75 Å². The summed E-state index contributed by atoms with van der Waals surface area (Å²) >= 11 is 5.39. The van der Waals surface area contributed by atoms with Crippen LogP contribution >= 0.6 is 27.7 Å². The van der Waals surface area contributed by atoms with E-state index in [2.05, 4.69) is 54.9 Å². The highest BCUT2D eigenvalue weighted by atomic mass is 79.9. The highest BCUT2D eigenvalue weighted by Gasteiger charge is 2.13. The first-order chi connectivity index (χ1) is 7.88. The number of hydrogen-bond acceptors (Lipinski definition) is 2. The molecule has 1 aromatic carbocycles. The summed E-state index contributed by atoms with van der Waals surface area (Å²) in [4.78, 5) is 1.28. The minimum atomic E-state index is 0.284. The van der Waals surface area contributed by atoms with Crippen molar-refractivity contribution in [1.82, 2.24) is 0 Å². The Kier molecular flexibility index (Phi) is 6.04. The van der Waals surface area contributed by atoms with E-state index in [9.17, 15) is 0 Å². The van der Waals surface area contributed by atoms with Crippen LogP contribution in [-0.4, -0.2) is 11.8 Å². The van der Waals surface area contributed by atoms with Gasteiger partial charge < -0.3 is 5.73 Å². The second-order valence-electron chi connectivity index (χ2n) is 5.60. The largest absolute Gasteiger partial charge is 0.327 e. The predicted octanol–water partition coefficient (Wildman–Crippen LogP) is 4.69. The van der Waals surface area contributed by atoms with Gasteiger partial charge in [0.2, 0.25) is 0 Å². The molecule has 1 nitrogen and oxygen atoms in total. The van der Waals surface area contributed by atoms with Crippen LogP contribution in [0.25, 0.3) is 0 Å². The molecule has 0 spiro atoms. The Morgan fingerprint density at radius 2 is 1.94 bits per heavy atom. The van der Waals surface area contributed by atoms with Crippen LogP contribution in [0.5, 0.6) is 0 Å². The van der Waals surface area contributed by atoms with Crippen LogP contribution in [0, 0.1) is 5.41 Å². The van der Waals surface area contributed by atoms with Gasteiger partial charge >= 0.3 is 0 Å². The average molecular weight is 316 g/mol. The molecule has 0 aliphatic carbocycles. The molecule has 17 heavy (non-hydrogen) atoms. The normalized spacial score (nSPS) is 13.7. The summed E-state index contributed by atoms with van der Waals surface area (Å²) in [5.41, 5.74) is 6.53. The van der Waals surface area contributed by atoms with Crippen molar-refractivity contribution in [2.45, 2.75) is 44.6 Å². The molecule has 0 saturated heterocycles. The minimum Gasteiger partial charge on any atom is -0.327 e. The van der Waals surface area contributed by atoms with E-state index in [0.29, 0.717) is 5.41 Å². The number of benzene rings is 1. The van der Waals surface area contributed by atoms with E-state index < -0.39 is 0 Å². The van der Waals surface area contributed by atoms with Gasteiger partial charge in [-0.25, -0.2) is 0 Å². The van der Waals surface area contributed by atoms with Crippen molar-refractivity contribution < 1.29 is 0 Å². The van der Waals surface area contributed by atoms with Crippen molar-refractivity contribution in [3.63, 3.8) is 0 Å². The smallest absolute Gasteiger partial charge is 0.0311 e. The zero-order valence-electron chi connectivity index (χ0n) is 10.9. The molecular formula is C14H22BrNS. The van der Waals surface area contributed by atoms with Crippen LogP contribution in [0.3, 0.4) is 0 Å². The molecule has 0 amide bonds. The second kappa shape index (κ2) is 6.81. The van der Waals surface area contributed by atoms with Crippen molar-refractivity contribution in [3.05, 3.63) is 28.7 Å². The van der Waals surface area contributed by atoms with Crippen molar-refractivity contribution in [3.8, 4) is 0 Å². The Morgan fingerprint density at radius 3 is 2.53 bits per heavy atom. The molecule has 0 saturated carbocycles. The Hall–Kier alpha value is 0.01000. The van der Waals surface area contributed by atoms with Gasteiger partial charge in [0, 0.05) is 21.2 Å². The van der Waals surface area contributed by atoms with E-state index >= 15 is 0 Å². The van der Waals surface area contributed by atoms with Gasteiger partial charge in [0.15, 0.2) is 0 Å². The Labute approximate surface area is 118 Å². The maximum absolute atomic E-state index is 6.14. The first kappa shape index (κ1) is 15.1. The minimum absolute atomic E-state index is 0.284. The lowest BCUT2D eigenvalue weighted by atomic mass is 9.89. The summed E-state index contributed by atoms with van der Waals surface area (Å²) in [6.45, 7) is 6.79. The third kappa shape index (κ3) is 6.49. The zero-order chi connectivity index (χ0) is 12.9. The van der Waals surface area contributed by atoms with Gasteiger partial charge in [-0.2, -0.15) is 0 Å². The molecule has 1 unspecified atom stereocenters. The summed E-state index contributed by atoms with van der Waals surface area (Å²) in [6.07, 6.45) is 2.28. The molecule has 0 fully saturated rings. The predicted molar refractivity (Wildman–Crippen MR) is 81.5 cm³/mol. The maximum Gasteiger partial charge on any atom is 0.0311 e. The van der Waals surface area contributed by atoms with Gasteiger partial charge in [-0.1, -0.05) is 32.9 Å². The molecule has 0 bridgehead atoms. The Morgan fingerprint density at radius 1 is 1.29 bits per heavy atom. The molecule has 0 heterocycles. The molecule has 3 heteroatoms. The summed E-state index contributed by atoms with van der Waals surface area (Å²) in [7, 11) is 0. The lowest BCUT2D eigenvalue weighted by Crippen LogP contribution is -2.24. The molecule has 1 atom stereocenters. The Balaban J connectivity index is 2.34. The van der Waals surface area contributed by atoms with Crippen LogP contribution in [-0.2, 0) is 0 Å². The van der Waals surface area contributed by atoms with Gasteiger partial charge in [-0.3, -0.25) is 0 Å². The fourth-order valence-electron chi connectivity index (χ4n) is 1.46. The second-order valence-corrected chi connectivity index (χ2v) is 7.52. The fourth-order valence-corrected chi connectivity index (χ4v) is 3.03. The number of nitrogens with two attached hydrogens (primary N) is 1. The monoisotopic (exact) mass is 315 g/mol. The van der Waals surface area contributed by atoms with Crippen molar-refractivity contribution >= 4 is 27.7 Å². The molecule has 0 aliphatic rings. The first-order valence-electron chi connectivity index (χ1n) is 6.01. The SMILES string of the molecule is CC(C)(C)CCC(N)CSc1ccccc1Br. The maximum atomic E-state index is 6.14. The molecule has 96 valence electrons. The Bertz CT molecular complexity index is 346. The van der Waals surface area contributed by atoms with Crippen LogP contribution in [0.1, 0.15) is 33.6 Å². The summed E-state index contributed by atoms with van der Waals surface area (Å²) in [6, 6.07) is 8.58. The lowest BCUT2D eigenvalue weighted by Gasteiger charge is -2.20. The number of rotatable bonds is 5. The third-order valence-corrected chi connectivity index (χ3v) is 4.77.